The lowest BCUT2D eigenvalue weighted by atomic mass is 10.1. The number of esters is 1. The van der Waals surface area contributed by atoms with E-state index >= 15 is 0 Å². The van der Waals surface area contributed by atoms with Crippen molar-refractivity contribution in [3.63, 3.8) is 0 Å². The van der Waals surface area contributed by atoms with E-state index in [1.807, 2.05) is 32.0 Å². The van der Waals surface area contributed by atoms with Crippen LogP contribution < -0.4 is 10.1 Å². The number of carbonyl (C=O) groups excluding carboxylic acids is 2. The summed E-state index contributed by atoms with van der Waals surface area (Å²) in [5.74, 6) is -0.900. The summed E-state index contributed by atoms with van der Waals surface area (Å²) >= 11 is 5.78. The van der Waals surface area contributed by atoms with Gasteiger partial charge in [-0.3, -0.25) is 14.9 Å². The van der Waals surface area contributed by atoms with Crippen LogP contribution in [0.4, 0.5) is 11.4 Å². The normalized spacial score (nSPS) is 10.2. The molecule has 0 aliphatic heterocycles. The standard InChI is InChI=1S/C18H17ClN2O6/c1-11-4-3-5-12(2)18(11)27-10-17(23)26-9-16(22)20-14-8-13(19)6-7-15(14)21(24)25/h3-8H,9-10H2,1-2H3,(H,20,22). The zero-order valence-corrected chi connectivity index (χ0v) is 15.4. The number of hydrogen-bond acceptors (Lipinski definition) is 6. The molecule has 9 heteroatoms. The monoisotopic (exact) mass is 392 g/mol. The number of nitrogens with one attached hydrogen (secondary N) is 1. The first-order chi connectivity index (χ1) is 12.8. The molecule has 0 aromatic heterocycles. The third kappa shape index (κ3) is 5.68. The second-order valence-electron chi connectivity index (χ2n) is 5.64. The molecule has 142 valence electrons. The summed E-state index contributed by atoms with van der Waals surface area (Å²) < 4.78 is 10.3. The lowest BCUT2D eigenvalue weighted by molar-refractivity contribution is -0.383. The number of nitro benzene ring substituents is 1. The van der Waals surface area contributed by atoms with Gasteiger partial charge in [0.05, 0.1) is 4.92 Å². The van der Waals surface area contributed by atoms with Crippen molar-refractivity contribution >= 4 is 34.9 Å². The number of aryl methyl sites for hydroxylation is 2. The molecule has 0 bridgehead atoms. The molecule has 1 amide bonds. The van der Waals surface area contributed by atoms with Gasteiger partial charge < -0.3 is 14.8 Å². The number of nitrogens with zero attached hydrogens (tertiary/aromatic N) is 1. The topological polar surface area (TPSA) is 108 Å². The van der Waals surface area contributed by atoms with Gasteiger partial charge in [-0.15, -0.1) is 0 Å². The molecule has 27 heavy (non-hydrogen) atoms. The van der Waals surface area contributed by atoms with Crippen molar-refractivity contribution in [3.8, 4) is 5.75 Å². The van der Waals surface area contributed by atoms with Gasteiger partial charge in [-0.1, -0.05) is 29.8 Å². The average Bonchev–Trinajstić information content (AvgIpc) is 2.59. The first kappa shape index (κ1) is 20.2. The van der Waals surface area contributed by atoms with Gasteiger partial charge in [0.25, 0.3) is 11.6 Å². The fourth-order valence-electron chi connectivity index (χ4n) is 2.30. The van der Waals surface area contributed by atoms with Crippen LogP contribution in [0.2, 0.25) is 5.02 Å². The third-order valence-electron chi connectivity index (χ3n) is 3.54. The van der Waals surface area contributed by atoms with Crippen molar-refractivity contribution in [2.75, 3.05) is 18.5 Å². The van der Waals surface area contributed by atoms with E-state index in [1.165, 1.54) is 18.2 Å². The van der Waals surface area contributed by atoms with E-state index in [4.69, 9.17) is 21.1 Å². The molecule has 2 aromatic carbocycles. The first-order valence-electron chi connectivity index (χ1n) is 7.86. The van der Waals surface area contributed by atoms with E-state index in [-0.39, 0.29) is 23.0 Å². The number of anilines is 1. The number of amides is 1. The van der Waals surface area contributed by atoms with Gasteiger partial charge in [0.1, 0.15) is 11.4 Å². The van der Waals surface area contributed by atoms with Gasteiger partial charge in [-0.05, 0) is 37.1 Å². The van der Waals surface area contributed by atoms with E-state index in [9.17, 15) is 19.7 Å². The van der Waals surface area contributed by atoms with E-state index in [2.05, 4.69) is 5.32 Å². The quantitative estimate of drug-likeness (QED) is 0.439. The second-order valence-corrected chi connectivity index (χ2v) is 6.07. The van der Waals surface area contributed by atoms with Gasteiger partial charge in [0, 0.05) is 11.1 Å². The molecule has 0 unspecified atom stereocenters. The molecule has 1 N–H and O–H groups in total. The molecular weight excluding hydrogens is 376 g/mol. The Morgan fingerprint density at radius 1 is 1.15 bits per heavy atom. The van der Waals surface area contributed by atoms with Gasteiger partial charge in [0.2, 0.25) is 0 Å². The van der Waals surface area contributed by atoms with Crippen LogP contribution in [0.1, 0.15) is 11.1 Å². The van der Waals surface area contributed by atoms with Crippen molar-refractivity contribution in [3.05, 3.63) is 62.7 Å². The number of para-hydroxylation sites is 1. The number of rotatable bonds is 7. The Bertz CT molecular complexity index is 864. The maximum Gasteiger partial charge on any atom is 0.344 e. The van der Waals surface area contributed by atoms with Crippen LogP contribution in [0.3, 0.4) is 0 Å². The summed E-state index contributed by atoms with van der Waals surface area (Å²) in [5.41, 5.74) is 1.33. The SMILES string of the molecule is Cc1cccc(C)c1OCC(=O)OCC(=O)Nc1cc(Cl)ccc1[N+](=O)[O-]. The molecule has 0 fully saturated rings. The number of benzene rings is 2. The van der Waals surface area contributed by atoms with Crippen molar-refractivity contribution in [1.29, 1.82) is 0 Å². The zero-order valence-electron chi connectivity index (χ0n) is 14.7. The van der Waals surface area contributed by atoms with E-state index in [0.717, 1.165) is 11.1 Å². The molecular formula is C18H17ClN2O6. The Morgan fingerprint density at radius 3 is 2.44 bits per heavy atom. The van der Waals surface area contributed by atoms with Gasteiger partial charge in [-0.25, -0.2) is 4.79 Å². The van der Waals surface area contributed by atoms with Crippen LogP contribution in [-0.2, 0) is 14.3 Å². The molecule has 0 atom stereocenters. The molecule has 0 aliphatic carbocycles. The summed E-state index contributed by atoms with van der Waals surface area (Å²) in [6.45, 7) is 2.72. The van der Waals surface area contributed by atoms with Crippen molar-refractivity contribution < 1.29 is 24.0 Å². The molecule has 8 nitrogen and oxygen atoms in total. The molecule has 0 radical (unpaired) electrons. The molecule has 2 aromatic rings. The minimum absolute atomic E-state index is 0.0830. The number of carbonyl (C=O) groups is 2. The molecule has 0 saturated carbocycles. The average molecular weight is 393 g/mol. The van der Waals surface area contributed by atoms with Crippen LogP contribution >= 0.6 is 11.6 Å². The highest BCUT2D eigenvalue weighted by Crippen LogP contribution is 2.27. The van der Waals surface area contributed by atoms with Crippen molar-refractivity contribution in [2.24, 2.45) is 0 Å². The zero-order chi connectivity index (χ0) is 20.0. The molecule has 2 rings (SSSR count). The van der Waals surface area contributed by atoms with Crippen molar-refractivity contribution in [2.45, 2.75) is 13.8 Å². The summed E-state index contributed by atoms with van der Waals surface area (Å²) in [6.07, 6.45) is 0. The number of ether oxygens (including phenoxy) is 2. The van der Waals surface area contributed by atoms with Crippen molar-refractivity contribution in [1.82, 2.24) is 0 Å². The third-order valence-corrected chi connectivity index (χ3v) is 3.77. The summed E-state index contributed by atoms with van der Waals surface area (Å²) in [6, 6.07) is 9.30. The van der Waals surface area contributed by atoms with Gasteiger partial charge >= 0.3 is 5.97 Å². The number of nitro groups is 1. The predicted octanol–water partition coefficient (Wildman–Crippen LogP) is 3.43. The number of halogens is 1. The minimum Gasteiger partial charge on any atom is -0.481 e. The Morgan fingerprint density at radius 2 is 1.81 bits per heavy atom. The molecule has 0 spiro atoms. The van der Waals surface area contributed by atoms with Gasteiger partial charge in [-0.2, -0.15) is 0 Å². The second kappa shape index (κ2) is 9.00. The predicted molar refractivity (Wildman–Crippen MR) is 99.1 cm³/mol. The highest BCUT2D eigenvalue weighted by atomic mass is 35.5. The van der Waals surface area contributed by atoms with Gasteiger partial charge in [0.15, 0.2) is 13.2 Å². The molecule has 0 saturated heterocycles. The van der Waals surface area contributed by atoms with E-state index in [0.29, 0.717) is 5.75 Å². The summed E-state index contributed by atoms with van der Waals surface area (Å²) in [4.78, 5) is 34.0. The first-order valence-corrected chi connectivity index (χ1v) is 8.24. The summed E-state index contributed by atoms with van der Waals surface area (Å²) in [5, 5.41) is 13.5. The Kier molecular flexibility index (Phi) is 6.73. The minimum atomic E-state index is -0.742. The summed E-state index contributed by atoms with van der Waals surface area (Å²) in [7, 11) is 0. The van der Waals surface area contributed by atoms with Crippen LogP contribution in [-0.4, -0.2) is 30.0 Å². The Balaban J connectivity index is 1.88. The van der Waals surface area contributed by atoms with E-state index in [1.54, 1.807) is 0 Å². The maximum absolute atomic E-state index is 11.9. The lowest BCUT2D eigenvalue weighted by Gasteiger charge is -2.11. The fraction of sp³-hybridized carbons (Fsp3) is 0.222. The largest absolute Gasteiger partial charge is 0.481 e. The smallest absolute Gasteiger partial charge is 0.344 e. The Hall–Kier alpha value is -3.13. The lowest BCUT2D eigenvalue weighted by Crippen LogP contribution is -2.24. The highest BCUT2D eigenvalue weighted by molar-refractivity contribution is 6.31. The van der Waals surface area contributed by atoms with Crippen LogP contribution in [0.15, 0.2) is 36.4 Å². The fourth-order valence-corrected chi connectivity index (χ4v) is 2.47. The van der Waals surface area contributed by atoms with Crippen LogP contribution in [0, 0.1) is 24.0 Å². The maximum atomic E-state index is 11.9. The molecule has 0 aliphatic rings. The highest BCUT2D eigenvalue weighted by Gasteiger charge is 2.17. The van der Waals surface area contributed by atoms with E-state index < -0.39 is 23.4 Å². The Labute approximate surface area is 160 Å². The van der Waals surface area contributed by atoms with Crippen LogP contribution in [0.5, 0.6) is 5.75 Å². The molecule has 0 heterocycles. The number of hydrogen-bond donors (Lipinski definition) is 1. The van der Waals surface area contributed by atoms with Crippen LogP contribution in [0.25, 0.3) is 0 Å².